The highest BCUT2D eigenvalue weighted by molar-refractivity contribution is 5.74. The minimum Gasteiger partial charge on any atom is -0.481 e. The molecule has 0 spiro atoms. The number of rotatable bonds is 5. The average molecular weight is 304 g/mol. The topological polar surface area (TPSA) is 37.3 Å². The summed E-state index contributed by atoms with van der Waals surface area (Å²) in [6.07, 6.45) is 11.6. The number of allylic oxidation sites excluding steroid dienone is 5. The van der Waals surface area contributed by atoms with Crippen molar-refractivity contribution in [3.63, 3.8) is 0 Å². The molecule has 1 unspecified atom stereocenters. The molecule has 22 heavy (non-hydrogen) atoms. The fraction of sp³-hybridized carbons (Fsp3) is 0.650. The Morgan fingerprint density at radius 2 is 2.05 bits per heavy atom. The maximum absolute atomic E-state index is 11.9. The van der Waals surface area contributed by atoms with Crippen molar-refractivity contribution in [2.24, 2.45) is 17.8 Å². The van der Waals surface area contributed by atoms with E-state index in [9.17, 15) is 9.90 Å². The van der Waals surface area contributed by atoms with Gasteiger partial charge in [-0.3, -0.25) is 4.79 Å². The van der Waals surface area contributed by atoms with Crippen molar-refractivity contribution in [3.8, 4) is 0 Å². The fourth-order valence-electron chi connectivity index (χ4n) is 3.41. The zero-order valence-electron chi connectivity index (χ0n) is 14.9. The Hall–Kier alpha value is -1.31. The summed E-state index contributed by atoms with van der Waals surface area (Å²) >= 11 is 0. The molecule has 0 heterocycles. The van der Waals surface area contributed by atoms with Gasteiger partial charge in [0.05, 0.1) is 5.92 Å². The van der Waals surface area contributed by atoms with Gasteiger partial charge in [0, 0.05) is 0 Å². The van der Waals surface area contributed by atoms with Crippen LogP contribution in [0.3, 0.4) is 0 Å². The molecule has 0 fully saturated rings. The maximum atomic E-state index is 11.9. The highest BCUT2D eigenvalue weighted by atomic mass is 16.4. The molecule has 1 aliphatic carbocycles. The molecule has 3 atom stereocenters. The summed E-state index contributed by atoms with van der Waals surface area (Å²) in [4.78, 5) is 11.9. The molecule has 2 nitrogen and oxygen atoms in total. The minimum absolute atomic E-state index is 0.223. The SMILES string of the molecule is CC(C)=CCCC(C)[C@H]1CC/C(C)=C/C/C=C(/C)[C@@H]1C(=O)O. The van der Waals surface area contributed by atoms with Crippen LogP contribution in [0.5, 0.6) is 0 Å². The van der Waals surface area contributed by atoms with Crippen molar-refractivity contribution < 1.29 is 9.90 Å². The first-order valence-electron chi connectivity index (χ1n) is 8.51. The van der Waals surface area contributed by atoms with Gasteiger partial charge in [0.25, 0.3) is 0 Å². The van der Waals surface area contributed by atoms with E-state index in [1.54, 1.807) is 0 Å². The Morgan fingerprint density at radius 3 is 2.64 bits per heavy atom. The number of carbonyl (C=O) groups is 1. The number of carboxylic acids is 1. The maximum Gasteiger partial charge on any atom is 0.310 e. The monoisotopic (exact) mass is 304 g/mol. The van der Waals surface area contributed by atoms with Gasteiger partial charge in [0.2, 0.25) is 0 Å². The van der Waals surface area contributed by atoms with Crippen LogP contribution in [0, 0.1) is 17.8 Å². The zero-order valence-corrected chi connectivity index (χ0v) is 14.9. The van der Waals surface area contributed by atoms with Crippen molar-refractivity contribution in [1.82, 2.24) is 0 Å². The van der Waals surface area contributed by atoms with Crippen LogP contribution in [0.2, 0.25) is 0 Å². The van der Waals surface area contributed by atoms with Gasteiger partial charge in [-0.2, -0.15) is 0 Å². The molecule has 0 aromatic rings. The number of aliphatic carboxylic acids is 1. The summed E-state index contributed by atoms with van der Waals surface area (Å²) in [7, 11) is 0. The molecule has 0 bridgehead atoms. The minimum atomic E-state index is -0.660. The number of hydrogen-bond acceptors (Lipinski definition) is 1. The molecule has 0 saturated carbocycles. The molecule has 2 heteroatoms. The van der Waals surface area contributed by atoms with E-state index in [4.69, 9.17) is 0 Å². The van der Waals surface area contributed by atoms with Crippen LogP contribution in [0.25, 0.3) is 0 Å². The lowest BCUT2D eigenvalue weighted by Crippen LogP contribution is -2.29. The standard InChI is InChI=1S/C20H32O2/c1-14(2)8-6-10-16(4)18-13-12-15(3)9-7-11-17(5)19(18)20(21)22/h8-9,11,16,18-19H,6-7,10,12-13H2,1-5H3,(H,21,22)/b15-9+,17-11-/t16?,18-,19+/m1/s1. The van der Waals surface area contributed by atoms with E-state index in [0.717, 1.165) is 37.7 Å². The summed E-state index contributed by atoms with van der Waals surface area (Å²) in [5.74, 6) is -0.347. The highest BCUT2D eigenvalue weighted by Crippen LogP contribution is 2.36. The van der Waals surface area contributed by atoms with Crippen LogP contribution in [0.1, 0.15) is 66.7 Å². The molecule has 0 radical (unpaired) electrons. The molecular formula is C20H32O2. The largest absolute Gasteiger partial charge is 0.481 e. The average Bonchev–Trinajstić information content (AvgIpc) is 2.48. The first-order valence-corrected chi connectivity index (χ1v) is 8.51. The second-order valence-electron chi connectivity index (χ2n) is 7.09. The normalized spacial score (nSPS) is 29.0. The van der Waals surface area contributed by atoms with E-state index in [-0.39, 0.29) is 11.8 Å². The zero-order chi connectivity index (χ0) is 16.7. The third-order valence-electron chi connectivity index (χ3n) is 4.87. The third kappa shape index (κ3) is 5.82. The van der Waals surface area contributed by atoms with Gasteiger partial charge in [-0.1, -0.05) is 41.9 Å². The predicted molar refractivity (Wildman–Crippen MR) is 93.8 cm³/mol. The van der Waals surface area contributed by atoms with Gasteiger partial charge in [0.15, 0.2) is 0 Å². The van der Waals surface area contributed by atoms with Crippen LogP contribution >= 0.6 is 0 Å². The predicted octanol–water partition coefficient (Wildman–Crippen LogP) is 5.76. The first kappa shape index (κ1) is 18.7. The summed E-state index contributed by atoms with van der Waals surface area (Å²) < 4.78 is 0. The van der Waals surface area contributed by atoms with E-state index in [0.29, 0.717) is 5.92 Å². The van der Waals surface area contributed by atoms with E-state index >= 15 is 0 Å². The molecule has 1 rings (SSSR count). The Kier molecular flexibility index (Phi) is 7.64. The van der Waals surface area contributed by atoms with Crippen LogP contribution in [0.4, 0.5) is 0 Å². The lowest BCUT2D eigenvalue weighted by molar-refractivity contribution is -0.142. The van der Waals surface area contributed by atoms with Gasteiger partial charge in [-0.15, -0.1) is 0 Å². The van der Waals surface area contributed by atoms with Crippen molar-refractivity contribution >= 4 is 5.97 Å². The molecule has 0 aromatic carbocycles. The molecular weight excluding hydrogens is 272 g/mol. The molecule has 0 amide bonds. The summed E-state index contributed by atoms with van der Waals surface area (Å²) in [6, 6.07) is 0. The Bertz CT molecular complexity index is 464. The summed E-state index contributed by atoms with van der Waals surface area (Å²) in [6.45, 7) is 10.6. The first-order chi connectivity index (χ1) is 10.3. The van der Waals surface area contributed by atoms with E-state index in [2.05, 4.69) is 45.9 Å². The second kappa shape index (κ2) is 8.97. The molecule has 1 aliphatic rings. The van der Waals surface area contributed by atoms with Gasteiger partial charge >= 0.3 is 5.97 Å². The lowest BCUT2D eigenvalue weighted by Gasteiger charge is -2.30. The number of carboxylic acid groups (broad SMARTS) is 1. The Balaban J connectivity index is 2.94. The highest BCUT2D eigenvalue weighted by Gasteiger charge is 2.33. The quantitative estimate of drug-likeness (QED) is 0.655. The van der Waals surface area contributed by atoms with Crippen LogP contribution in [0.15, 0.2) is 34.9 Å². The van der Waals surface area contributed by atoms with Crippen LogP contribution in [-0.2, 0) is 4.79 Å². The van der Waals surface area contributed by atoms with Gasteiger partial charge in [0.1, 0.15) is 0 Å². The van der Waals surface area contributed by atoms with Gasteiger partial charge < -0.3 is 5.11 Å². The molecule has 1 N–H and O–H groups in total. The van der Waals surface area contributed by atoms with Crippen LogP contribution in [-0.4, -0.2) is 11.1 Å². The van der Waals surface area contributed by atoms with E-state index in [1.165, 1.54) is 11.1 Å². The van der Waals surface area contributed by atoms with Crippen molar-refractivity contribution in [2.75, 3.05) is 0 Å². The lowest BCUT2D eigenvalue weighted by atomic mass is 9.74. The summed E-state index contributed by atoms with van der Waals surface area (Å²) in [5.41, 5.74) is 3.75. The summed E-state index contributed by atoms with van der Waals surface area (Å²) in [5, 5.41) is 9.75. The Morgan fingerprint density at radius 1 is 1.36 bits per heavy atom. The molecule has 0 aromatic heterocycles. The fourth-order valence-corrected chi connectivity index (χ4v) is 3.41. The Labute approximate surface area is 136 Å². The van der Waals surface area contributed by atoms with Gasteiger partial charge in [-0.05, 0) is 71.6 Å². The van der Waals surface area contributed by atoms with Crippen molar-refractivity contribution in [3.05, 3.63) is 34.9 Å². The van der Waals surface area contributed by atoms with Gasteiger partial charge in [-0.25, -0.2) is 0 Å². The smallest absolute Gasteiger partial charge is 0.310 e. The third-order valence-corrected chi connectivity index (χ3v) is 4.87. The number of hydrogen-bond donors (Lipinski definition) is 1. The van der Waals surface area contributed by atoms with E-state index in [1.807, 2.05) is 6.92 Å². The second-order valence-corrected chi connectivity index (χ2v) is 7.09. The molecule has 0 saturated heterocycles. The van der Waals surface area contributed by atoms with E-state index < -0.39 is 5.97 Å². The van der Waals surface area contributed by atoms with Crippen LogP contribution < -0.4 is 0 Å². The molecule has 0 aliphatic heterocycles. The van der Waals surface area contributed by atoms with Crippen molar-refractivity contribution in [2.45, 2.75) is 66.7 Å². The van der Waals surface area contributed by atoms with Crippen molar-refractivity contribution in [1.29, 1.82) is 0 Å². The molecule has 124 valence electrons.